The molecule has 1 fully saturated rings. The monoisotopic (exact) mass is 272 g/mol. The molecule has 5 nitrogen and oxygen atoms in total. The zero-order valence-corrected chi connectivity index (χ0v) is 11.4. The number of carboxylic acid groups (broad SMARTS) is 1. The minimum atomic E-state index is -1.00. The van der Waals surface area contributed by atoms with Gasteiger partial charge in [-0.2, -0.15) is 5.26 Å². The van der Waals surface area contributed by atoms with E-state index in [1.165, 1.54) is 0 Å². The summed E-state index contributed by atoms with van der Waals surface area (Å²) >= 11 is 0. The van der Waals surface area contributed by atoms with Crippen LogP contribution in [0.2, 0.25) is 0 Å². The lowest BCUT2D eigenvalue weighted by Crippen LogP contribution is -2.36. The van der Waals surface area contributed by atoms with E-state index in [1.54, 1.807) is 29.2 Å². The van der Waals surface area contributed by atoms with Crippen molar-refractivity contribution in [2.24, 2.45) is 5.92 Å². The smallest absolute Gasteiger partial charge is 0.309 e. The highest BCUT2D eigenvalue weighted by Gasteiger charge is 2.46. The number of likely N-dealkylation sites (tertiary alicyclic amines) is 1. The molecule has 0 bridgehead atoms. The van der Waals surface area contributed by atoms with Gasteiger partial charge in [-0.05, 0) is 25.5 Å². The Morgan fingerprint density at radius 3 is 2.65 bits per heavy atom. The predicted molar refractivity (Wildman–Crippen MR) is 71.6 cm³/mol. The molecule has 2 unspecified atom stereocenters. The molecule has 2 atom stereocenters. The summed E-state index contributed by atoms with van der Waals surface area (Å²) in [6.07, 6.45) is -0.0159. The highest BCUT2D eigenvalue weighted by Crippen LogP contribution is 2.40. The van der Waals surface area contributed by atoms with E-state index in [1.807, 2.05) is 13.8 Å². The highest BCUT2D eigenvalue weighted by atomic mass is 16.4. The van der Waals surface area contributed by atoms with Crippen LogP contribution in [0.25, 0.3) is 0 Å². The van der Waals surface area contributed by atoms with Crippen LogP contribution in [0.3, 0.4) is 0 Å². The van der Waals surface area contributed by atoms with Crippen molar-refractivity contribution in [2.45, 2.75) is 32.4 Å². The van der Waals surface area contributed by atoms with Gasteiger partial charge in [0, 0.05) is 12.5 Å². The fraction of sp³-hybridized carbons (Fsp3) is 0.400. The van der Waals surface area contributed by atoms with E-state index in [9.17, 15) is 20.0 Å². The van der Waals surface area contributed by atoms with Crippen LogP contribution in [0.5, 0.6) is 0 Å². The second-order valence-electron chi connectivity index (χ2n) is 5.19. The number of nitriles is 1. The molecule has 1 aromatic carbocycles. The molecule has 1 aliphatic rings. The van der Waals surface area contributed by atoms with Gasteiger partial charge in [0.25, 0.3) is 0 Å². The fourth-order valence-electron chi connectivity index (χ4n) is 2.81. The van der Waals surface area contributed by atoms with Crippen molar-refractivity contribution in [2.75, 3.05) is 0 Å². The molecular weight excluding hydrogens is 256 g/mol. The van der Waals surface area contributed by atoms with Crippen molar-refractivity contribution in [3.05, 3.63) is 35.4 Å². The van der Waals surface area contributed by atoms with Crippen LogP contribution in [0, 0.1) is 17.2 Å². The Morgan fingerprint density at radius 1 is 1.45 bits per heavy atom. The summed E-state index contributed by atoms with van der Waals surface area (Å²) < 4.78 is 0. The van der Waals surface area contributed by atoms with E-state index in [0.717, 1.165) is 0 Å². The van der Waals surface area contributed by atoms with Gasteiger partial charge in [-0.3, -0.25) is 9.59 Å². The van der Waals surface area contributed by atoms with Crippen LogP contribution in [-0.2, 0) is 9.59 Å². The molecule has 0 radical (unpaired) electrons. The molecule has 0 aromatic heterocycles. The van der Waals surface area contributed by atoms with Crippen molar-refractivity contribution in [3.8, 4) is 6.07 Å². The molecular formula is C15H16N2O3. The molecule has 0 aliphatic carbocycles. The molecule has 1 amide bonds. The van der Waals surface area contributed by atoms with E-state index in [-0.39, 0.29) is 18.4 Å². The normalized spacial score (nSPS) is 22.1. The Balaban J connectivity index is 2.56. The molecule has 1 aliphatic heterocycles. The highest BCUT2D eigenvalue weighted by molar-refractivity contribution is 5.87. The predicted octanol–water partition coefficient (Wildman–Crippen LogP) is 1.94. The molecule has 1 heterocycles. The van der Waals surface area contributed by atoms with Gasteiger partial charge in [0.2, 0.25) is 5.91 Å². The second kappa shape index (κ2) is 5.33. The fourth-order valence-corrected chi connectivity index (χ4v) is 2.81. The molecule has 5 heteroatoms. The number of carbonyl (C=O) groups is 2. The molecule has 20 heavy (non-hydrogen) atoms. The lowest BCUT2D eigenvalue weighted by molar-refractivity contribution is -0.142. The number of benzene rings is 1. The van der Waals surface area contributed by atoms with Gasteiger partial charge in [0.15, 0.2) is 0 Å². The van der Waals surface area contributed by atoms with Gasteiger partial charge < -0.3 is 10.0 Å². The Bertz CT molecular complexity index is 589. The van der Waals surface area contributed by atoms with Gasteiger partial charge in [0.05, 0.1) is 23.6 Å². The van der Waals surface area contributed by atoms with Crippen LogP contribution in [0.4, 0.5) is 0 Å². The summed E-state index contributed by atoms with van der Waals surface area (Å²) in [5.41, 5.74) is 1.03. The van der Waals surface area contributed by atoms with Crippen LogP contribution in [0.15, 0.2) is 24.3 Å². The average molecular weight is 272 g/mol. The first-order valence-corrected chi connectivity index (χ1v) is 6.50. The number of hydrogen-bond donors (Lipinski definition) is 1. The third-order valence-corrected chi connectivity index (χ3v) is 3.64. The molecule has 1 aromatic rings. The zero-order chi connectivity index (χ0) is 14.9. The zero-order valence-electron chi connectivity index (χ0n) is 11.4. The van der Waals surface area contributed by atoms with Gasteiger partial charge in [-0.15, -0.1) is 0 Å². The maximum atomic E-state index is 12.1. The minimum absolute atomic E-state index is 0.0159. The quantitative estimate of drug-likeness (QED) is 0.911. The second-order valence-corrected chi connectivity index (χ2v) is 5.19. The van der Waals surface area contributed by atoms with Gasteiger partial charge in [-0.25, -0.2) is 0 Å². The first-order valence-electron chi connectivity index (χ1n) is 6.50. The third kappa shape index (κ3) is 2.25. The Labute approximate surface area is 117 Å². The van der Waals surface area contributed by atoms with Crippen molar-refractivity contribution in [1.29, 1.82) is 5.26 Å². The van der Waals surface area contributed by atoms with Crippen LogP contribution >= 0.6 is 0 Å². The first kappa shape index (κ1) is 14.1. The number of nitrogens with zero attached hydrogens (tertiary/aromatic N) is 2. The van der Waals surface area contributed by atoms with Gasteiger partial charge >= 0.3 is 5.97 Å². The molecule has 1 saturated heterocycles. The van der Waals surface area contributed by atoms with Crippen molar-refractivity contribution < 1.29 is 14.7 Å². The molecule has 2 rings (SSSR count). The summed E-state index contributed by atoms with van der Waals surface area (Å²) in [6, 6.07) is 8.26. The number of carbonyl (C=O) groups excluding carboxylic acids is 1. The van der Waals surface area contributed by atoms with Crippen LogP contribution < -0.4 is 0 Å². The van der Waals surface area contributed by atoms with Crippen molar-refractivity contribution in [1.82, 2.24) is 4.90 Å². The Hall–Kier alpha value is -2.35. The number of rotatable bonds is 3. The Morgan fingerprint density at radius 2 is 2.10 bits per heavy atom. The number of hydrogen-bond acceptors (Lipinski definition) is 3. The molecule has 0 saturated carbocycles. The van der Waals surface area contributed by atoms with E-state index in [2.05, 4.69) is 6.07 Å². The third-order valence-electron chi connectivity index (χ3n) is 3.64. The summed E-state index contributed by atoms with van der Waals surface area (Å²) in [7, 11) is 0. The SMILES string of the molecule is CC(C)N1C(=O)CC(C(=O)O)C1c1ccccc1C#N. The topological polar surface area (TPSA) is 81.4 Å². The first-order chi connectivity index (χ1) is 9.47. The molecule has 1 N–H and O–H groups in total. The lowest BCUT2D eigenvalue weighted by atomic mass is 9.90. The molecule has 104 valence electrons. The number of carboxylic acids is 1. The van der Waals surface area contributed by atoms with Crippen molar-refractivity contribution >= 4 is 11.9 Å². The largest absolute Gasteiger partial charge is 0.481 e. The molecule has 0 spiro atoms. The standard InChI is InChI=1S/C15H16N2O3/c1-9(2)17-13(18)7-12(15(19)20)14(17)11-6-4-3-5-10(11)8-16/h3-6,9,12,14H,7H2,1-2H3,(H,19,20). The number of aliphatic carboxylic acids is 1. The maximum Gasteiger partial charge on any atom is 0.309 e. The summed E-state index contributed by atoms with van der Waals surface area (Å²) in [5, 5.41) is 18.6. The Kier molecular flexibility index (Phi) is 3.75. The summed E-state index contributed by atoms with van der Waals surface area (Å²) in [4.78, 5) is 25.1. The van der Waals surface area contributed by atoms with Gasteiger partial charge in [-0.1, -0.05) is 18.2 Å². The van der Waals surface area contributed by atoms with E-state index >= 15 is 0 Å². The minimum Gasteiger partial charge on any atom is -0.481 e. The average Bonchev–Trinajstić information content (AvgIpc) is 2.76. The van der Waals surface area contributed by atoms with E-state index in [4.69, 9.17) is 0 Å². The summed E-state index contributed by atoms with van der Waals surface area (Å²) in [5.74, 6) is -1.98. The van der Waals surface area contributed by atoms with E-state index < -0.39 is 17.9 Å². The van der Waals surface area contributed by atoms with Crippen LogP contribution in [0.1, 0.15) is 37.4 Å². The summed E-state index contributed by atoms with van der Waals surface area (Å²) in [6.45, 7) is 3.70. The number of amides is 1. The van der Waals surface area contributed by atoms with E-state index in [0.29, 0.717) is 11.1 Å². The van der Waals surface area contributed by atoms with Crippen LogP contribution in [-0.4, -0.2) is 27.9 Å². The lowest BCUT2D eigenvalue weighted by Gasteiger charge is -2.31. The van der Waals surface area contributed by atoms with Gasteiger partial charge in [0.1, 0.15) is 0 Å². The maximum absolute atomic E-state index is 12.1. The van der Waals surface area contributed by atoms with Crippen molar-refractivity contribution in [3.63, 3.8) is 0 Å².